The number of rotatable bonds is 3. The summed E-state index contributed by atoms with van der Waals surface area (Å²) in [4.78, 5) is 25.1. The van der Waals surface area contributed by atoms with E-state index in [1.165, 1.54) is 0 Å². The zero-order chi connectivity index (χ0) is 17.4. The van der Waals surface area contributed by atoms with Crippen molar-refractivity contribution in [3.05, 3.63) is 50.7 Å². The molecule has 0 bridgehead atoms. The van der Waals surface area contributed by atoms with Crippen LogP contribution in [-0.4, -0.2) is 26.8 Å². The predicted octanol–water partition coefficient (Wildman–Crippen LogP) is 0.494. The summed E-state index contributed by atoms with van der Waals surface area (Å²) in [5, 5.41) is 10.7. The molecular weight excluding hydrogens is 318 g/mol. The van der Waals surface area contributed by atoms with Crippen LogP contribution in [0.15, 0.2) is 16.9 Å². The topological polar surface area (TPSA) is 81.0 Å². The molecule has 0 spiro atoms. The standard InChI is InChI=1S/C18H23N5O2/c1-22-16-5-3-2-4-12(16)8-15(18(22)25)17(24)20-10-13-9-14-11-19-6-7-23(14)21-13/h8-9,19H,2-7,10-11H2,1H3,(H,20,24). The summed E-state index contributed by atoms with van der Waals surface area (Å²) in [7, 11) is 1.76. The van der Waals surface area contributed by atoms with Crippen molar-refractivity contribution in [1.29, 1.82) is 0 Å². The number of aryl methyl sites for hydroxylation is 1. The van der Waals surface area contributed by atoms with Crippen LogP contribution in [0.1, 0.15) is 45.8 Å². The maximum atomic E-state index is 12.5. The number of aromatic nitrogens is 3. The number of pyridine rings is 1. The van der Waals surface area contributed by atoms with Crippen LogP contribution in [0.2, 0.25) is 0 Å². The molecule has 25 heavy (non-hydrogen) atoms. The zero-order valence-electron chi connectivity index (χ0n) is 14.5. The van der Waals surface area contributed by atoms with E-state index in [0.717, 1.165) is 68.0 Å². The van der Waals surface area contributed by atoms with E-state index in [4.69, 9.17) is 0 Å². The number of carbonyl (C=O) groups excluding carboxylic acids is 1. The summed E-state index contributed by atoms with van der Waals surface area (Å²) < 4.78 is 3.61. The normalized spacial score (nSPS) is 16.2. The van der Waals surface area contributed by atoms with E-state index in [2.05, 4.69) is 15.7 Å². The van der Waals surface area contributed by atoms with Crippen molar-refractivity contribution < 1.29 is 4.79 Å². The van der Waals surface area contributed by atoms with Crippen LogP contribution in [0.3, 0.4) is 0 Å². The van der Waals surface area contributed by atoms with Gasteiger partial charge in [0.05, 0.1) is 24.5 Å². The highest BCUT2D eigenvalue weighted by Crippen LogP contribution is 2.20. The van der Waals surface area contributed by atoms with E-state index in [0.29, 0.717) is 6.54 Å². The lowest BCUT2D eigenvalue weighted by Crippen LogP contribution is -2.34. The van der Waals surface area contributed by atoms with Gasteiger partial charge in [0.15, 0.2) is 0 Å². The summed E-state index contributed by atoms with van der Waals surface area (Å²) >= 11 is 0. The van der Waals surface area contributed by atoms with Gasteiger partial charge in [-0.05, 0) is 43.4 Å². The van der Waals surface area contributed by atoms with E-state index in [1.54, 1.807) is 17.7 Å². The van der Waals surface area contributed by atoms with Gasteiger partial charge in [-0.1, -0.05) is 0 Å². The molecule has 0 saturated carbocycles. The Kier molecular flexibility index (Phi) is 4.17. The highest BCUT2D eigenvalue weighted by molar-refractivity contribution is 5.94. The minimum absolute atomic E-state index is 0.216. The van der Waals surface area contributed by atoms with E-state index in [9.17, 15) is 9.59 Å². The van der Waals surface area contributed by atoms with Gasteiger partial charge < -0.3 is 15.2 Å². The molecule has 7 heteroatoms. The van der Waals surface area contributed by atoms with Gasteiger partial charge in [-0.15, -0.1) is 0 Å². The number of carbonyl (C=O) groups is 1. The average molecular weight is 341 g/mol. The molecule has 1 aliphatic heterocycles. The molecule has 2 aromatic heterocycles. The molecule has 3 heterocycles. The maximum Gasteiger partial charge on any atom is 0.263 e. The second kappa shape index (κ2) is 6.48. The van der Waals surface area contributed by atoms with Crippen molar-refractivity contribution in [2.75, 3.05) is 6.54 Å². The Labute approximate surface area is 146 Å². The van der Waals surface area contributed by atoms with E-state index < -0.39 is 0 Å². The number of hydrogen-bond donors (Lipinski definition) is 2. The van der Waals surface area contributed by atoms with Crippen LogP contribution in [0.5, 0.6) is 0 Å². The molecule has 7 nitrogen and oxygen atoms in total. The Balaban J connectivity index is 1.52. The third-order valence-electron chi connectivity index (χ3n) is 5.13. The van der Waals surface area contributed by atoms with Crippen molar-refractivity contribution in [2.24, 2.45) is 7.05 Å². The molecule has 0 fully saturated rings. The van der Waals surface area contributed by atoms with Gasteiger partial charge in [-0.3, -0.25) is 14.3 Å². The molecule has 4 rings (SSSR count). The quantitative estimate of drug-likeness (QED) is 0.852. The molecule has 1 aliphatic carbocycles. The molecule has 0 radical (unpaired) electrons. The highest BCUT2D eigenvalue weighted by atomic mass is 16.2. The van der Waals surface area contributed by atoms with Gasteiger partial charge in [0, 0.05) is 25.8 Å². The second-order valence-electron chi connectivity index (χ2n) is 6.81. The van der Waals surface area contributed by atoms with Crippen molar-refractivity contribution >= 4 is 5.91 Å². The number of nitrogens with one attached hydrogen (secondary N) is 2. The molecule has 132 valence electrons. The first-order valence-electron chi connectivity index (χ1n) is 8.90. The second-order valence-corrected chi connectivity index (χ2v) is 6.81. The zero-order valence-corrected chi connectivity index (χ0v) is 14.5. The van der Waals surface area contributed by atoms with Crippen LogP contribution >= 0.6 is 0 Å². The number of amides is 1. The number of nitrogens with zero attached hydrogens (tertiary/aromatic N) is 3. The molecule has 2 aliphatic rings. The lowest BCUT2D eigenvalue weighted by Gasteiger charge is -2.19. The van der Waals surface area contributed by atoms with Gasteiger partial charge >= 0.3 is 0 Å². The van der Waals surface area contributed by atoms with Gasteiger partial charge in [-0.2, -0.15) is 5.10 Å². The maximum absolute atomic E-state index is 12.5. The van der Waals surface area contributed by atoms with Gasteiger partial charge in [-0.25, -0.2) is 0 Å². The Morgan fingerprint density at radius 2 is 2.16 bits per heavy atom. The minimum atomic E-state index is -0.321. The monoisotopic (exact) mass is 341 g/mol. The SMILES string of the molecule is Cn1c2c(cc(C(=O)NCc3cc4n(n3)CCNC4)c1=O)CCCC2. The molecule has 2 N–H and O–H groups in total. The first-order chi connectivity index (χ1) is 12.1. The fourth-order valence-electron chi connectivity index (χ4n) is 3.76. The van der Waals surface area contributed by atoms with Gasteiger partial charge in [0.1, 0.15) is 5.56 Å². The van der Waals surface area contributed by atoms with Crippen LogP contribution in [-0.2, 0) is 39.5 Å². The molecule has 0 unspecified atom stereocenters. The molecule has 2 aromatic rings. The average Bonchev–Trinajstić information content (AvgIpc) is 3.05. The predicted molar refractivity (Wildman–Crippen MR) is 93.4 cm³/mol. The molecular formula is C18H23N5O2. The van der Waals surface area contributed by atoms with Gasteiger partial charge in [0.2, 0.25) is 0 Å². The highest BCUT2D eigenvalue weighted by Gasteiger charge is 2.20. The minimum Gasteiger partial charge on any atom is -0.346 e. The first kappa shape index (κ1) is 16.1. The number of fused-ring (bicyclic) bond motifs is 2. The lowest BCUT2D eigenvalue weighted by molar-refractivity contribution is 0.0948. The largest absolute Gasteiger partial charge is 0.346 e. The van der Waals surface area contributed by atoms with Crippen molar-refractivity contribution in [2.45, 2.75) is 45.3 Å². The Morgan fingerprint density at radius 1 is 1.32 bits per heavy atom. The van der Waals surface area contributed by atoms with Crippen LogP contribution in [0.25, 0.3) is 0 Å². The molecule has 0 saturated heterocycles. The van der Waals surface area contributed by atoms with E-state index in [1.807, 2.05) is 10.7 Å². The van der Waals surface area contributed by atoms with Crippen LogP contribution < -0.4 is 16.2 Å². The molecule has 0 aromatic carbocycles. The fraction of sp³-hybridized carbons (Fsp3) is 0.500. The third kappa shape index (κ3) is 3.00. The van der Waals surface area contributed by atoms with E-state index >= 15 is 0 Å². The Bertz CT molecular complexity index is 857. The number of hydrogen-bond acceptors (Lipinski definition) is 4. The summed E-state index contributed by atoms with van der Waals surface area (Å²) in [6.07, 6.45) is 4.06. The Hall–Kier alpha value is -2.41. The molecule has 0 atom stereocenters. The smallest absolute Gasteiger partial charge is 0.263 e. The van der Waals surface area contributed by atoms with Crippen LogP contribution in [0, 0.1) is 0 Å². The third-order valence-corrected chi connectivity index (χ3v) is 5.13. The summed E-state index contributed by atoms with van der Waals surface area (Å²) in [6.45, 7) is 2.88. The van der Waals surface area contributed by atoms with Crippen LogP contribution in [0.4, 0.5) is 0 Å². The lowest BCUT2D eigenvalue weighted by atomic mass is 9.94. The van der Waals surface area contributed by atoms with E-state index in [-0.39, 0.29) is 17.0 Å². The van der Waals surface area contributed by atoms with Gasteiger partial charge in [0.25, 0.3) is 11.5 Å². The van der Waals surface area contributed by atoms with Crippen molar-refractivity contribution in [3.63, 3.8) is 0 Å². The Morgan fingerprint density at radius 3 is 3.00 bits per heavy atom. The molecule has 1 amide bonds. The van der Waals surface area contributed by atoms with Crippen molar-refractivity contribution in [1.82, 2.24) is 25.0 Å². The summed E-state index contributed by atoms with van der Waals surface area (Å²) in [5.74, 6) is -0.321. The fourth-order valence-corrected chi connectivity index (χ4v) is 3.76. The summed E-state index contributed by atoms with van der Waals surface area (Å²) in [6, 6.07) is 3.78. The van der Waals surface area contributed by atoms with Crippen molar-refractivity contribution in [3.8, 4) is 0 Å². The first-order valence-corrected chi connectivity index (χ1v) is 8.90. The summed E-state index contributed by atoms with van der Waals surface area (Å²) in [5.41, 5.74) is 4.16.